The summed E-state index contributed by atoms with van der Waals surface area (Å²) in [7, 11) is -3.56. The summed E-state index contributed by atoms with van der Waals surface area (Å²) in [5.74, 6) is 0. The standard InChI is InChI=1S/C23H29N3O2S/c1-3-5-16-23(17-6-4-2,29(27,28)20-12-8-7-9-13-20)18-19-26-24-21-14-10-11-15-22(21)25-26/h7-15,18-19H,3-6,16-17H2,1-2H3/b19-18+. The summed E-state index contributed by atoms with van der Waals surface area (Å²) in [6.45, 7) is 4.18. The van der Waals surface area contributed by atoms with Crippen molar-refractivity contribution in [3.05, 3.63) is 60.7 Å². The van der Waals surface area contributed by atoms with Crippen molar-refractivity contribution < 1.29 is 8.42 Å². The highest BCUT2D eigenvalue weighted by Crippen LogP contribution is 2.37. The number of rotatable bonds is 10. The molecule has 0 amide bonds. The molecule has 0 saturated carbocycles. The van der Waals surface area contributed by atoms with Gasteiger partial charge >= 0.3 is 0 Å². The minimum Gasteiger partial charge on any atom is -0.223 e. The Morgan fingerprint density at radius 2 is 1.38 bits per heavy atom. The van der Waals surface area contributed by atoms with Crippen LogP contribution in [0.2, 0.25) is 0 Å². The van der Waals surface area contributed by atoms with Crippen LogP contribution in [0, 0.1) is 0 Å². The molecule has 2 aromatic carbocycles. The first kappa shape index (κ1) is 21.2. The molecule has 0 saturated heterocycles. The highest BCUT2D eigenvalue weighted by Gasteiger charge is 2.41. The second kappa shape index (κ2) is 9.35. The van der Waals surface area contributed by atoms with Gasteiger partial charge < -0.3 is 0 Å². The van der Waals surface area contributed by atoms with Crippen LogP contribution < -0.4 is 0 Å². The Labute approximate surface area is 173 Å². The minimum absolute atomic E-state index is 0.371. The van der Waals surface area contributed by atoms with Gasteiger partial charge in [-0.1, -0.05) is 69.9 Å². The monoisotopic (exact) mass is 411 g/mol. The maximum atomic E-state index is 13.8. The van der Waals surface area contributed by atoms with E-state index in [0.29, 0.717) is 17.7 Å². The molecule has 0 atom stereocenters. The number of benzene rings is 2. The van der Waals surface area contributed by atoms with Gasteiger partial charge in [-0.25, -0.2) is 8.42 Å². The summed E-state index contributed by atoms with van der Waals surface area (Å²) in [5, 5.41) is 8.91. The Morgan fingerprint density at radius 1 is 0.862 bits per heavy atom. The van der Waals surface area contributed by atoms with E-state index in [1.807, 2.05) is 36.4 Å². The van der Waals surface area contributed by atoms with Crippen LogP contribution in [-0.2, 0) is 9.84 Å². The first-order chi connectivity index (χ1) is 14.0. The van der Waals surface area contributed by atoms with E-state index in [4.69, 9.17) is 0 Å². The topological polar surface area (TPSA) is 64.8 Å². The quantitative estimate of drug-likeness (QED) is 0.442. The van der Waals surface area contributed by atoms with Gasteiger partial charge in [0, 0.05) is 6.20 Å². The number of nitrogens with zero attached hydrogens (tertiary/aromatic N) is 3. The molecule has 0 fully saturated rings. The predicted molar refractivity (Wildman–Crippen MR) is 118 cm³/mol. The van der Waals surface area contributed by atoms with Gasteiger partial charge in [0.1, 0.15) is 11.0 Å². The molecule has 6 heteroatoms. The summed E-state index contributed by atoms with van der Waals surface area (Å²) >= 11 is 0. The molecule has 0 unspecified atom stereocenters. The molecule has 0 N–H and O–H groups in total. The van der Waals surface area contributed by atoms with Crippen molar-refractivity contribution >= 4 is 27.1 Å². The van der Waals surface area contributed by atoms with Gasteiger partial charge in [0.2, 0.25) is 0 Å². The zero-order valence-electron chi connectivity index (χ0n) is 17.2. The molecule has 3 rings (SSSR count). The molecule has 29 heavy (non-hydrogen) atoms. The average molecular weight is 412 g/mol. The third-order valence-corrected chi connectivity index (χ3v) is 7.82. The Bertz CT molecular complexity index is 1010. The second-order valence-corrected chi connectivity index (χ2v) is 9.70. The average Bonchev–Trinajstić information content (AvgIpc) is 3.17. The van der Waals surface area contributed by atoms with E-state index in [1.54, 1.807) is 30.5 Å². The lowest BCUT2D eigenvalue weighted by molar-refractivity contribution is 0.483. The number of fused-ring (bicyclic) bond motifs is 1. The van der Waals surface area contributed by atoms with Crippen LogP contribution in [0.15, 0.2) is 65.6 Å². The number of unbranched alkanes of at least 4 members (excludes halogenated alkanes) is 2. The molecule has 154 valence electrons. The number of aromatic nitrogens is 3. The Kier molecular flexibility index (Phi) is 6.85. The van der Waals surface area contributed by atoms with E-state index in [-0.39, 0.29) is 0 Å². The molecule has 0 radical (unpaired) electrons. The first-order valence-corrected chi connectivity index (χ1v) is 11.8. The Balaban J connectivity index is 2.07. The fourth-order valence-corrected chi connectivity index (χ4v) is 5.63. The molecular weight excluding hydrogens is 382 g/mol. The molecule has 1 aromatic heterocycles. The van der Waals surface area contributed by atoms with E-state index in [9.17, 15) is 8.42 Å². The van der Waals surface area contributed by atoms with Crippen LogP contribution >= 0.6 is 0 Å². The fourth-order valence-electron chi connectivity index (χ4n) is 3.58. The molecule has 0 aliphatic rings. The maximum absolute atomic E-state index is 13.8. The van der Waals surface area contributed by atoms with Crippen LogP contribution in [0.3, 0.4) is 0 Å². The maximum Gasteiger partial charge on any atom is 0.187 e. The summed E-state index contributed by atoms with van der Waals surface area (Å²) in [6.07, 6.45) is 8.26. The first-order valence-electron chi connectivity index (χ1n) is 10.3. The van der Waals surface area contributed by atoms with Crippen LogP contribution in [-0.4, -0.2) is 28.2 Å². The van der Waals surface area contributed by atoms with Crippen molar-refractivity contribution in [2.75, 3.05) is 0 Å². The van der Waals surface area contributed by atoms with Crippen molar-refractivity contribution in [1.29, 1.82) is 0 Å². The summed E-state index contributed by atoms with van der Waals surface area (Å²) in [4.78, 5) is 1.85. The highest BCUT2D eigenvalue weighted by atomic mass is 32.2. The summed E-state index contributed by atoms with van der Waals surface area (Å²) in [6, 6.07) is 16.4. The smallest absolute Gasteiger partial charge is 0.187 e. The third kappa shape index (κ3) is 4.58. The molecule has 5 nitrogen and oxygen atoms in total. The molecule has 3 aromatic rings. The number of hydrogen-bond donors (Lipinski definition) is 0. The van der Waals surface area contributed by atoms with Crippen molar-refractivity contribution in [2.24, 2.45) is 0 Å². The summed E-state index contributed by atoms with van der Waals surface area (Å²) in [5.41, 5.74) is 1.58. The zero-order chi connectivity index (χ0) is 20.7. The van der Waals surface area contributed by atoms with E-state index >= 15 is 0 Å². The van der Waals surface area contributed by atoms with Gasteiger partial charge in [-0.3, -0.25) is 0 Å². The lowest BCUT2D eigenvalue weighted by Crippen LogP contribution is -2.37. The third-order valence-electron chi connectivity index (χ3n) is 5.31. The Morgan fingerprint density at radius 3 is 1.90 bits per heavy atom. The lowest BCUT2D eigenvalue weighted by atomic mass is 9.95. The van der Waals surface area contributed by atoms with Gasteiger partial charge in [-0.2, -0.15) is 4.80 Å². The van der Waals surface area contributed by atoms with Crippen molar-refractivity contribution in [3.63, 3.8) is 0 Å². The van der Waals surface area contributed by atoms with Gasteiger partial charge in [0.05, 0.1) is 9.64 Å². The van der Waals surface area contributed by atoms with E-state index in [0.717, 1.165) is 36.7 Å². The molecule has 0 bridgehead atoms. The lowest BCUT2D eigenvalue weighted by Gasteiger charge is -2.30. The molecule has 0 aliphatic heterocycles. The van der Waals surface area contributed by atoms with Crippen LogP contribution in [0.25, 0.3) is 17.2 Å². The largest absolute Gasteiger partial charge is 0.223 e. The van der Waals surface area contributed by atoms with E-state index in [1.165, 1.54) is 4.80 Å². The molecule has 0 spiro atoms. The number of hydrogen-bond acceptors (Lipinski definition) is 4. The predicted octanol–water partition coefficient (Wildman–Crippen LogP) is 5.50. The van der Waals surface area contributed by atoms with Crippen molar-refractivity contribution in [2.45, 2.75) is 62.0 Å². The second-order valence-electron chi connectivity index (χ2n) is 7.41. The SMILES string of the molecule is CCCCC(/C=C/n1nc2ccccc2n1)(CCCC)S(=O)(=O)c1ccccc1. The van der Waals surface area contributed by atoms with Gasteiger partial charge in [-0.15, -0.1) is 10.2 Å². The molecule has 1 heterocycles. The van der Waals surface area contributed by atoms with Crippen LogP contribution in [0.5, 0.6) is 0 Å². The van der Waals surface area contributed by atoms with Crippen molar-refractivity contribution in [3.8, 4) is 0 Å². The normalized spacial score (nSPS) is 12.8. The van der Waals surface area contributed by atoms with Crippen LogP contribution in [0.1, 0.15) is 52.4 Å². The number of sulfone groups is 1. The van der Waals surface area contributed by atoms with Gasteiger partial charge in [-0.05, 0) is 43.2 Å². The zero-order valence-corrected chi connectivity index (χ0v) is 18.0. The Hall–Kier alpha value is -2.47. The highest BCUT2D eigenvalue weighted by molar-refractivity contribution is 7.93. The van der Waals surface area contributed by atoms with Crippen molar-refractivity contribution in [1.82, 2.24) is 15.0 Å². The minimum atomic E-state index is -3.56. The van der Waals surface area contributed by atoms with Crippen LogP contribution in [0.4, 0.5) is 0 Å². The van der Waals surface area contributed by atoms with E-state index < -0.39 is 14.6 Å². The molecule has 0 aliphatic carbocycles. The van der Waals surface area contributed by atoms with Gasteiger partial charge in [0.15, 0.2) is 9.84 Å². The van der Waals surface area contributed by atoms with Gasteiger partial charge in [0.25, 0.3) is 0 Å². The fraction of sp³-hybridized carbons (Fsp3) is 0.391. The summed E-state index contributed by atoms with van der Waals surface area (Å²) < 4.78 is 26.5. The molecular formula is C23H29N3O2S. The van der Waals surface area contributed by atoms with E-state index in [2.05, 4.69) is 24.0 Å².